The zero-order valence-corrected chi connectivity index (χ0v) is 18.0. The summed E-state index contributed by atoms with van der Waals surface area (Å²) in [5, 5.41) is 3.60. The predicted molar refractivity (Wildman–Crippen MR) is 116 cm³/mol. The van der Waals surface area contributed by atoms with Gasteiger partial charge in [0.1, 0.15) is 11.6 Å². The van der Waals surface area contributed by atoms with Crippen molar-refractivity contribution in [3.8, 4) is 0 Å². The van der Waals surface area contributed by atoms with E-state index in [9.17, 15) is 18.4 Å². The molecule has 0 aliphatic rings. The number of amides is 1. The fraction of sp³-hybridized carbons (Fsp3) is 0.286. The zero-order valence-electron chi connectivity index (χ0n) is 16.4. The fourth-order valence-electron chi connectivity index (χ4n) is 2.78. The fourth-order valence-corrected chi connectivity index (χ4v) is 3.77. The quantitative estimate of drug-likeness (QED) is 0.400. The lowest BCUT2D eigenvalue weighted by molar-refractivity contribution is -0.113. The van der Waals surface area contributed by atoms with Gasteiger partial charge in [0.05, 0.1) is 22.3 Å². The number of fused-ring (bicyclic) bond motifs is 1. The molecular weight excluding hydrogens is 432 g/mol. The first-order valence-corrected chi connectivity index (χ1v) is 10.7. The molecule has 0 aliphatic heterocycles. The van der Waals surface area contributed by atoms with Crippen LogP contribution in [0.15, 0.2) is 46.3 Å². The number of halogens is 3. The molecule has 0 bridgehead atoms. The minimum atomic E-state index is -0.734. The maximum atomic E-state index is 13.7. The summed E-state index contributed by atoms with van der Waals surface area (Å²) in [4.78, 5) is 29.8. The molecule has 1 heterocycles. The first-order valence-electron chi connectivity index (χ1n) is 9.32. The Hall–Kier alpha value is -2.45. The number of anilines is 1. The van der Waals surface area contributed by atoms with Crippen molar-refractivity contribution in [1.29, 1.82) is 0 Å². The van der Waals surface area contributed by atoms with Crippen LogP contribution in [0.25, 0.3) is 10.9 Å². The molecule has 2 aromatic carbocycles. The van der Waals surface area contributed by atoms with Gasteiger partial charge in [-0.2, -0.15) is 0 Å². The maximum absolute atomic E-state index is 13.7. The number of carbonyl (C=O) groups is 1. The third kappa shape index (κ3) is 5.37. The Balaban J connectivity index is 1.86. The van der Waals surface area contributed by atoms with E-state index in [-0.39, 0.29) is 17.0 Å². The molecule has 158 valence electrons. The van der Waals surface area contributed by atoms with Crippen molar-refractivity contribution >= 4 is 45.9 Å². The van der Waals surface area contributed by atoms with Crippen LogP contribution < -0.4 is 10.9 Å². The van der Waals surface area contributed by atoms with Gasteiger partial charge in [0, 0.05) is 17.6 Å². The Morgan fingerprint density at radius 1 is 1.23 bits per heavy atom. The van der Waals surface area contributed by atoms with Crippen LogP contribution in [0.4, 0.5) is 14.5 Å². The van der Waals surface area contributed by atoms with Crippen molar-refractivity contribution in [3.05, 3.63) is 63.4 Å². The second-order valence-electron chi connectivity index (χ2n) is 7.16. The maximum Gasteiger partial charge on any atom is 0.262 e. The van der Waals surface area contributed by atoms with E-state index in [1.165, 1.54) is 4.57 Å². The second kappa shape index (κ2) is 9.57. The lowest BCUT2D eigenvalue weighted by Crippen LogP contribution is -2.25. The molecule has 0 fully saturated rings. The van der Waals surface area contributed by atoms with Gasteiger partial charge in [0.2, 0.25) is 5.91 Å². The number of rotatable bonds is 7. The van der Waals surface area contributed by atoms with E-state index in [1.807, 2.05) is 13.8 Å². The number of carbonyl (C=O) groups excluding carboxylic acids is 1. The van der Waals surface area contributed by atoms with Crippen LogP contribution in [0.3, 0.4) is 0 Å². The highest BCUT2D eigenvalue weighted by molar-refractivity contribution is 7.99. The minimum absolute atomic E-state index is 0.129. The Morgan fingerprint density at radius 3 is 2.73 bits per heavy atom. The number of nitrogens with zero attached hydrogens (tertiary/aromatic N) is 2. The minimum Gasteiger partial charge on any atom is -0.323 e. The summed E-state index contributed by atoms with van der Waals surface area (Å²) < 4.78 is 28.6. The summed E-state index contributed by atoms with van der Waals surface area (Å²) in [5.41, 5.74) is -0.0140. The largest absolute Gasteiger partial charge is 0.323 e. The van der Waals surface area contributed by atoms with Crippen molar-refractivity contribution < 1.29 is 13.6 Å². The summed E-state index contributed by atoms with van der Waals surface area (Å²) in [7, 11) is 0. The molecule has 9 heteroatoms. The number of hydrogen-bond acceptors (Lipinski definition) is 4. The van der Waals surface area contributed by atoms with Gasteiger partial charge in [-0.3, -0.25) is 14.2 Å². The van der Waals surface area contributed by atoms with Crippen molar-refractivity contribution in [2.75, 3.05) is 11.1 Å². The molecule has 0 atom stereocenters. The van der Waals surface area contributed by atoms with Gasteiger partial charge in [0.25, 0.3) is 5.56 Å². The number of hydrogen-bond donors (Lipinski definition) is 1. The summed E-state index contributed by atoms with van der Waals surface area (Å²) in [5.74, 6) is -1.69. The molecule has 1 N–H and O–H groups in total. The van der Waals surface area contributed by atoms with E-state index in [1.54, 1.807) is 18.2 Å². The Bertz CT molecular complexity index is 1150. The second-order valence-corrected chi connectivity index (χ2v) is 8.54. The highest BCUT2D eigenvalue weighted by Crippen LogP contribution is 2.22. The van der Waals surface area contributed by atoms with Gasteiger partial charge >= 0.3 is 0 Å². The molecule has 1 amide bonds. The van der Waals surface area contributed by atoms with E-state index in [4.69, 9.17) is 11.6 Å². The van der Waals surface area contributed by atoms with Crippen LogP contribution in [0, 0.1) is 17.6 Å². The van der Waals surface area contributed by atoms with Gasteiger partial charge < -0.3 is 5.32 Å². The smallest absolute Gasteiger partial charge is 0.262 e. The number of thioether (sulfide) groups is 1. The molecule has 3 rings (SSSR count). The molecule has 30 heavy (non-hydrogen) atoms. The SMILES string of the molecule is CC(C)CCn1c(SCC(=O)Nc2cc(F)ccc2F)nc2cc(Cl)ccc2c1=O. The van der Waals surface area contributed by atoms with E-state index < -0.39 is 17.5 Å². The molecule has 0 unspecified atom stereocenters. The van der Waals surface area contributed by atoms with Gasteiger partial charge in [-0.15, -0.1) is 0 Å². The standard InChI is InChI=1S/C21H20ClF2N3O2S/c1-12(2)7-8-27-20(29)15-5-3-13(22)9-17(15)26-21(27)30-11-19(28)25-18-10-14(23)4-6-16(18)24/h3-6,9-10,12H,7-8,11H2,1-2H3,(H,25,28). The highest BCUT2D eigenvalue weighted by atomic mass is 35.5. The summed E-state index contributed by atoms with van der Waals surface area (Å²) in [6.07, 6.45) is 0.759. The number of aromatic nitrogens is 2. The lowest BCUT2D eigenvalue weighted by Gasteiger charge is -2.14. The predicted octanol–water partition coefficient (Wildman–Crippen LogP) is 5.11. The van der Waals surface area contributed by atoms with Crippen LogP contribution >= 0.6 is 23.4 Å². The van der Waals surface area contributed by atoms with Crippen molar-refractivity contribution in [1.82, 2.24) is 9.55 Å². The molecule has 0 radical (unpaired) electrons. The Morgan fingerprint density at radius 2 is 2.00 bits per heavy atom. The molecule has 5 nitrogen and oxygen atoms in total. The molecule has 0 saturated heterocycles. The third-order valence-corrected chi connectivity index (χ3v) is 5.56. The van der Waals surface area contributed by atoms with Gasteiger partial charge in [-0.25, -0.2) is 13.8 Å². The first-order chi connectivity index (χ1) is 14.2. The average Bonchev–Trinajstić information content (AvgIpc) is 2.68. The van der Waals surface area contributed by atoms with Crippen molar-refractivity contribution in [2.24, 2.45) is 5.92 Å². The Labute approximate surface area is 181 Å². The third-order valence-electron chi connectivity index (χ3n) is 4.35. The van der Waals surface area contributed by atoms with Crippen LogP contribution in [0.1, 0.15) is 20.3 Å². The summed E-state index contributed by atoms with van der Waals surface area (Å²) in [6, 6.07) is 7.68. The van der Waals surface area contributed by atoms with E-state index >= 15 is 0 Å². The summed E-state index contributed by atoms with van der Waals surface area (Å²) in [6.45, 7) is 4.55. The van der Waals surface area contributed by atoms with Gasteiger partial charge in [-0.05, 0) is 42.7 Å². The van der Waals surface area contributed by atoms with Crippen LogP contribution in [-0.2, 0) is 11.3 Å². The van der Waals surface area contributed by atoms with Crippen LogP contribution in [-0.4, -0.2) is 21.2 Å². The summed E-state index contributed by atoms with van der Waals surface area (Å²) >= 11 is 7.08. The molecular formula is C21H20ClF2N3O2S. The van der Waals surface area contributed by atoms with Crippen LogP contribution in [0.2, 0.25) is 5.02 Å². The van der Waals surface area contributed by atoms with E-state index in [0.717, 1.165) is 36.4 Å². The van der Waals surface area contributed by atoms with Crippen LogP contribution in [0.5, 0.6) is 0 Å². The monoisotopic (exact) mass is 451 g/mol. The molecule has 1 aromatic heterocycles. The van der Waals surface area contributed by atoms with Gasteiger partial charge in [0.15, 0.2) is 5.16 Å². The average molecular weight is 452 g/mol. The van der Waals surface area contributed by atoms with Gasteiger partial charge in [-0.1, -0.05) is 37.2 Å². The molecule has 0 aliphatic carbocycles. The van der Waals surface area contributed by atoms with Crippen molar-refractivity contribution in [2.45, 2.75) is 32.0 Å². The zero-order chi connectivity index (χ0) is 21.8. The first kappa shape index (κ1) is 22.2. The molecule has 0 spiro atoms. The normalized spacial score (nSPS) is 11.3. The topological polar surface area (TPSA) is 64.0 Å². The Kier molecular flexibility index (Phi) is 7.10. The molecule has 3 aromatic rings. The number of nitrogens with one attached hydrogen (secondary N) is 1. The number of benzene rings is 2. The molecule has 0 saturated carbocycles. The van der Waals surface area contributed by atoms with E-state index in [2.05, 4.69) is 10.3 Å². The highest BCUT2D eigenvalue weighted by Gasteiger charge is 2.15. The van der Waals surface area contributed by atoms with E-state index in [0.29, 0.717) is 33.5 Å². The van der Waals surface area contributed by atoms with Crippen molar-refractivity contribution in [3.63, 3.8) is 0 Å². The lowest BCUT2D eigenvalue weighted by atomic mass is 10.1.